The first kappa shape index (κ1) is 12.1. The van der Waals surface area contributed by atoms with Crippen LogP contribution in [0.5, 0.6) is 0 Å². The van der Waals surface area contributed by atoms with E-state index in [0.29, 0.717) is 0 Å². The molecule has 1 rings (SSSR count). The molecule has 1 aromatic heterocycles. The predicted molar refractivity (Wildman–Crippen MR) is 57.1 cm³/mol. The van der Waals surface area contributed by atoms with Crippen molar-refractivity contribution in [1.82, 2.24) is 4.98 Å². The molecule has 0 aliphatic heterocycles. The van der Waals surface area contributed by atoms with Gasteiger partial charge in [0, 0.05) is 0 Å². The Kier molecular flexibility index (Phi) is 4.03. The first-order valence-corrected chi connectivity index (χ1v) is 5.11. The maximum Gasteiger partial charge on any atom is 0.281 e. The molecule has 0 atom stereocenters. The van der Waals surface area contributed by atoms with Crippen molar-refractivity contribution in [3.8, 4) is 0 Å². The molecule has 0 amide bonds. The van der Waals surface area contributed by atoms with E-state index in [1.807, 2.05) is 0 Å². The number of pyridine rings is 1. The number of aromatic nitrogens is 1. The number of halogens is 5. The number of carbonyl (C=O) groups is 1. The summed E-state index contributed by atoms with van der Waals surface area (Å²) < 4.78 is 24.9. The van der Waals surface area contributed by atoms with E-state index in [0.717, 1.165) is 6.07 Å². The van der Waals surface area contributed by atoms with Crippen LogP contribution >= 0.6 is 45.8 Å². The zero-order valence-corrected chi connectivity index (χ0v) is 10.1. The van der Waals surface area contributed by atoms with Crippen molar-refractivity contribution in [3.63, 3.8) is 0 Å². The van der Waals surface area contributed by atoms with Gasteiger partial charge in [-0.3, -0.25) is 4.79 Å². The molecule has 1 heterocycles. The Morgan fingerprint density at radius 1 is 1.57 bits per heavy atom. The van der Waals surface area contributed by atoms with Crippen molar-refractivity contribution in [2.75, 3.05) is 0 Å². The molecule has 2 nitrogen and oxygen atoms in total. The van der Waals surface area contributed by atoms with Gasteiger partial charge >= 0.3 is 0 Å². The van der Waals surface area contributed by atoms with E-state index in [-0.39, 0.29) is 14.3 Å². The second-order valence-electron chi connectivity index (χ2n) is 2.26. The zero-order valence-electron chi connectivity index (χ0n) is 6.40. The molecule has 0 N–H and O–H groups in total. The Labute approximate surface area is 102 Å². The van der Waals surface area contributed by atoms with Gasteiger partial charge in [-0.15, -0.1) is 0 Å². The molecular weight excluding hydrogens is 350 g/mol. The molecule has 1 aromatic rings. The molecule has 0 aliphatic rings. The Bertz CT molecular complexity index is 386. The summed E-state index contributed by atoms with van der Waals surface area (Å²) in [6.07, 6.45) is -2.78. The second kappa shape index (κ2) is 4.67. The monoisotopic (exact) mass is 351 g/mol. The molecule has 0 aromatic carbocycles. The Hall–Kier alpha value is -0.0100. The van der Waals surface area contributed by atoms with Crippen molar-refractivity contribution in [3.05, 3.63) is 26.0 Å². The van der Waals surface area contributed by atoms with Gasteiger partial charge in [0.2, 0.25) is 0 Å². The number of carbonyl (C=O) groups excluding carboxylic acids is 1. The van der Waals surface area contributed by atoms with Crippen LogP contribution in [0.2, 0.25) is 5.02 Å². The topological polar surface area (TPSA) is 30.0 Å². The minimum Gasteiger partial charge on any atom is -0.274 e. The Morgan fingerprint density at radius 3 is 2.57 bits per heavy atom. The summed E-state index contributed by atoms with van der Waals surface area (Å²) in [5.41, 5.74) is -0.797. The normalized spacial score (nSPS) is 10.7. The van der Waals surface area contributed by atoms with E-state index in [1.165, 1.54) is 0 Å². The first-order valence-electron chi connectivity index (χ1n) is 3.27. The van der Waals surface area contributed by atoms with Gasteiger partial charge in [-0.1, -0.05) is 11.6 Å². The van der Waals surface area contributed by atoms with Crippen molar-refractivity contribution in [2.24, 2.45) is 0 Å². The fraction of sp³-hybridized carbons (Fsp3) is 0.143. The van der Waals surface area contributed by atoms with Gasteiger partial charge in [-0.05, 0) is 40.3 Å². The molecule has 76 valence electrons. The third kappa shape index (κ3) is 2.52. The predicted octanol–water partition coefficient (Wildman–Crippen LogP) is 3.66. The third-order valence-electron chi connectivity index (χ3n) is 1.35. The molecule has 0 saturated carbocycles. The summed E-state index contributed by atoms with van der Waals surface area (Å²) in [6, 6.07) is 1.16. The summed E-state index contributed by atoms with van der Waals surface area (Å²) in [7, 11) is 0. The number of rotatable bonds is 2. The third-order valence-corrected chi connectivity index (χ3v) is 3.29. The van der Waals surface area contributed by atoms with Gasteiger partial charge in [0.05, 0.1) is 8.59 Å². The lowest BCUT2D eigenvalue weighted by molar-refractivity contribution is 0.107. The average Bonchev–Trinajstić information content (AvgIpc) is 2.08. The number of hydrogen-bond acceptors (Lipinski definition) is 2. The summed E-state index contributed by atoms with van der Waals surface area (Å²) in [6.45, 7) is 0. The van der Waals surface area contributed by atoms with E-state index >= 15 is 0 Å². The fourth-order valence-electron chi connectivity index (χ4n) is 0.762. The van der Waals surface area contributed by atoms with Crippen LogP contribution in [0.15, 0.2) is 6.07 Å². The highest BCUT2D eigenvalue weighted by Crippen LogP contribution is 2.29. The lowest BCUT2D eigenvalue weighted by Crippen LogP contribution is -2.02. The van der Waals surface area contributed by atoms with Crippen molar-refractivity contribution in [1.29, 1.82) is 0 Å². The first-order chi connectivity index (χ1) is 6.43. The van der Waals surface area contributed by atoms with Gasteiger partial charge < -0.3 is 0 Å². The summed E-state index contributed by atoms with van der Waals surface area (Å²) in [5.74, 6) is 0. The quantitative estimate of drug-likeness (QED) is 0.601. The molecule has 0 aliphatic carbocycles. The highest BCUT2D eigenvalue weighted by atomic mass is 127. The number of alkyl halides is 2. The Morgan fingerprint density at radius 2 is 2.14 bits per heavy atom. The number of nitrogens with zero attached hydrogens (tertiary/aromatic N) is 1. The average molecular weight is 352 g/mol. The standard InChI is InChI=1S/C7H2Cl2F2INO/c8-2-1-3(6(9)14)13-5(4(2)12)7(10)11/h1,7H. The van der Waals surface area contributed by atoms with Gasteiger partial charge in [-0.25, -0.2) is 13.8 Å². The molecule has 0 spiro atoms. The van der Waals surface area contributed by atoms with Crippen LogP contribution in [0.25, 0.3) is 0 Å². The van der Waals surface area contributed by atoms with Crippen LogP contribution < -0.4 is 0 Å². The highest BCUT2D eigenvalue weighted by Gasteiger charge is 2.19. The van der Waals surface area contributed by atoms with Crippen LogP contribution in [0.3, 0.4) is 0 Å². The highest BCUT2D eigenvalue weighted by molar-refractivity contribution is 14.1. The largest absolute Gasteiger partial charge is 0.281 e. The van der Waals surface area contributed by atoms with Crippen LogP contribution in [-0.4, -0.2) is 10.2 Å². The lowest BCUT2D eigenvalue weighted by atomic mass is 10.3. The molecule has 0 unspecified atom stereocenters. The molecule has 7 heteroatoms. The fourth-order valence-corrected chi connectivity index (χ4v) is 1.57. The summed E-state index contributed by atoms with van der Waals surface area (Å²) in [4.78, 5) is 14.1. The van der Waals surface area contributed by atoms with E-state index < -0.39 is 17.4 Å². The van der Waals surface area contributed by atoms with Crippen molar-refractivity contribution in [2.45, 2.75) is 6.43 Å². The molecule has 0 bridgehead atoms. The van der Waals surface area contributed by atoms with E-state index in [2.05, 4.69) is 4.98 Å². The lowest BCUT2D eigenvalue weighted by Gasteiger charge is -2.05. The number of hydrogen-bond donors (Lipinski definition) is 0. The molecule has 14 heavy (non-hydrogen) atoms. The van der Waals surface area contributed by atoms with Crippen LogP contribution in [0, 0.1) is 3.57 Å². The van der Waals surface area contributed by atoms with Crippen molar-refractivity contribution >= 4 is 51.0 Å². The second-order valence-corrected chi connectivity index (χ2v) is 4.09. The SMILES string of the molecule is O=C(Cl)c1cc(Cl)c(I)c(C(F)F)n1. The minimum absolute atomic E-state index is 0.0416. The van der Waals surface area contributed by atoms with Crippen LogP contribution in [0.1, 0.15) is 22.6 Å². The van der Waals surface area contributed by atoms with E-state index in [9.17, 15) is 13.6 Å². The maximum atomic E-state index is 12.4. The molecule has 0 saturated heterocycles. The Balaban J connectivity index is 3.35. The van der Waals surface area contributed by atoms with E-state index in [4.69, 9.17) is 23.2 Å². The molecular formula is C7H2Cl2F2INO. The molecule has 0 radical (unpaired) electrons. The van der Waals surface area contributed by atoms with Crippen molar-refractivity contribution < 1.29 is 13.6 Å². The minimum atomic E-state index is -2.78. The van der Waals surface area contributed by atoms with Gasteiger partial charge in [-0.2, -0.15) is 0 Å². The smallest absolute Gasteiger partial charge is 0.274 e. The molecule has 0 fully saturated rings. The summed E-state index contributed by atoms with van der Waals surface area (Å²) >= 11 is 12.3. The summed E-state index contributed by atoms with van der Waals surface area (Å²) in [5, 5.41) is -0.870. The van der Waals surface area contributed by atoms with Crippen LogP contribution in [0.4, 0.5) is 8.78 Å². The van der Waals surface area contributed by atoms with Gasteiger partial charge in [0.15, 0.2) is 0 Å². The maximum absolute atomic E-state index is 12.4. The zero-order chi connectivity index (χ0) is 10.9. The van der Waals surface area contributed by atoms with Crippen LogP contribution in [-0.2, 0) is 0 Å². The van der Waals surface area contributed by atoms with E-state index in [1.54, 1.807) is 22.6 Å². The van der Waals surface area contributed by atoms with Gasteiger partial charge in [0.1, 0.15) is 11.4 Å². The van der Waals surface area contributed by atoms with Gasteiger partial charge in [0.25, 0.3) is 11.7 Å².